The molecule has 1 unspecified atom stereocenters. The van der Waals surface area contributed by atoms with Gasteiger partial charge in [-0.1, -0.05) is 30.3 Å². The van der Waals surface area contributed by atoms with Crippen LogP contribution in [-0.2, 0) is 11.3 Å². The fourth-order valence-electron chi connectivity index (χ4n) is 5.14. The molecule has 0 bridgehead atoms. The van der Waals surface area contributed by atoms with Crippen molar-refractivity contribution >= 4 is 22.6 Å². The van der Waals surface area contributed by atoms with Gasteiger partial charge in [-0.15, -0.1) is 0 Å². The third-order valence-corrected chi connectivity index (χ3v) is 6.80. The molecule has 1 aliphatic heterocycles. The number of amides is 1. The van der Waals surface area contributed by atoms with Crippen LogP contribution >= 0.6 is 0 Å². The first-order valence-corrected chi connectivity index (χ1v) is 12.0. The van der Waals surface area contributed by atoms with E-state index in [-0.39, 0.29) is 18.4 Å². The number of hydrogen-bond acceptors (Lipinski definition) is 4. The average Bonchev–Trinajstić information content (AvgIpc) is 3.45. The molecule has 3 aromatic carbocycles. The molecule has 5 rings (SSSR count). The number of hydrogen-bond donors (Lipinski definition) is 1. The van der Waals surface area contributed by atoms with Crippen LogP contribution in [0.2, 0.25) is 0 Å². The van der Waals surface area contributed by atoms with Gasteiger partial charge in [-0.25, -0.2) is 0 Å². The number of carboxylic acids is 1. The van der Waals surface area contributed by atoms with Crippen LogP contribution in [0.25, 0.3) is 10.8 Å². The van der Waals surface area contributed by atoms with E-state index in [9.17, 15) is 14.7 Å². The standard InChI is InChI=1S/C28H29NO5/c1-2-33-26-15-20(11-12-25(26)34-22-9-5-6-10-22)24(16-27(30)31)29-17-21-13-18-7-3-4-8-19(18)14-23(21)28(29)32/h3-4,7-8,11-15,22,24H,2,5-6,9-10,16-17H2,1H3,(H,30,31). The topological polar surface area (TPSA) is 76.1 Å². The highest BCUT2D eigenvalue weighted by molar-refractivity contribution is 6.03. The van der Waals surface area contributed by atoms with Crippen molar-refractivity contribution in [1.29, 1.82) is 0 Å². The second kappa shape index (κ2) is 9.37. The maximum atomic E-state index is 13.4. The first-order valence-electron chi connectivity index (χ1n) is 12.0. The van der Waals surface area contributed by atoms with Gasteiger partial charge < -0.3 is 19.5 Å². The van der Waals surface area contributed by atoms with E-state index in [1.807, 2.05) is 61.5 Å². The van der Waals surface area contributed by atoms with E-state index in [1.54, 1.807) is 4.90 Å². The highest BCUT2D eigenvalue weighted by atomic mass is 16.5. The maximum absolute atomic E-state index is 13.4. The van der Waals surface area contributed by atoms with Gasteiger partial charge in [0.05, 0.1) is 25.2 Å². The number of carboxylic acid groups (broad SMARTS) is 1. The van der Waals surface area contributed by atoms with Crippen LogP contribution in [-0.4, -0.2) is 34.6 Å². The minimum Gasteiger partial charge on any atom is -0.490 e. The Hall–Kier alpha value is -3.54. The van der Waals surface area contributed by atoms with E-state index in [0.29, 0.717) is 30.2 Å². The minimum absolute atomic E-state index is 0.142. The van der Waals surface area contributed by atoms with Crippen molar-refractivity contribution in [3.05, 3.63) is 71.3 Å². The third-order valence-electron chi connectivity index (χ3n) is 6.80. The molecule has 1 heterocycles. The predicted molar refractivity (Wildman–Crippen MR) is 129 cm³/mol. The molecular formula is C28H29NO5. The average molecular weight is 460 g/mol. The number of benzene rings is 3. The van der Waals surface area contributed by atoms with Gasteiger partial charge in [-0.3, -0.25) is 9.59 Å². The lowest BCUT2D eigenvalue weighted by Crippen LogP contribution is -2.31. The molecular weight excluding hydrogens is 430 g/mol. The number of ether oxygens (including phenoxy) is 2. The number of nitrogens with zero attached hydrogens (tertiary/aromatic N) is 1. The molecule has 6 heteroatoms. The predicted octanol–water partition coefficient (Wildman–Crippen LogP) is 5.73. The summed E-state index contributed by atoms with van der Waals surface area (Å²) in [6, 6.07) is 16.8. The van der Waals surface area contributed by atoms with E-state index in [1.165, 1.54) is 12.8 Å². The molecule has 1 atom stereocenters. The van der Waals surface area contributed by atoms with Crippen LogP contribution in [0, 0.1) is 0 Å². The van der Waals surface area contributed by atoms with Crippen LogP contribution in [0.5, 0.6) is 11.5 Å². The van der Waals surface area contributed by atoms with Gasteiger partial charge >= 0.3 is 5.97 Å². The van der Waals surface area contributed by atoms with Gasteiger partial charge in [-0.2, -0.15) is 0 Å². The fourth-order valence-corrected chi connectivity index (χ4v) is 5.14. The molecule has 1 N–H and O–H groups in total. The molecule has 1 amide bonds. The molecule has 0 aromatic heterocycles. The molecule has 1 fully saturated rings. The molecule has 176 valence electrons. The Kier molecular flexibility index (Phi) is 6.14. The van der Waals surface area contributed by atoms with Crippen molar-refractivity contribution < 1.29 is 24.2 Å². The molecule has 0 saturated heterocycles. The normalized spacial score (nSPS) is 16.6. The number of aliphatic carboxylic acids is 1. The van der Waals surface area contributed by atoms with E-state index < -0.39 is 12.0 Å². The fraction of sp³-hybridized carbons (Fsp3) is 0.357. The Bertz CT molecular complexity index is 1230. The van der Waals surface area contributed by atoms with Gasteiger partial charge in [0.15, 0.2) is 11.5 Å². The zero-order valence-electron chi connectivity index (χ0n) is 19.3. The molecule has 3 aromatic rings. The van der Waals surface area contributed by atoms with Crippen molar-refractivity contribution in [3.63, 3.8) is 0 Å². The molecule has 2 aliphatic rings. The largest absolute Gasteiger partial charge is 0.490 e. The smallest absolute Gasteiger partial charge is 0.305 e. The summed E-state index contributed by atoms with van der Waals surface area (Å²) in [5, 5.41) is 11.8. The van der Waals surface area contributed by atoms with Crippen LogP contribution in [0.4, 0.5) is 0 Å². The molecule has 6 nitrogen and oxygen atoms in total. The lowest BCUT2D eigenvalue weighted by Gasteiger charge is -2.28. The number of carbonyl (C=O) groups is 2. The number of rotatable bonds is 8. The summed E-state index contributed by atoms with van der Waals surface area (Å²) in [6.45, 7) is 2.75. The Morgan fingerprint density at radius 3 is 2.50 bits per heavy atom. The quantitative estimate of drug-likeness (QED) is 0.465. The minimum atomic E-state index is -0.955. The zero-order valence-corrected chi connectivity index (χ0v) is 19.3. The van der Waals surface area contributed by atoms with E-state index in [4.69, 9.17) is 9.47 Å². The lowest BCUT2D eigenvalue weighted by atomic mass is 10.0. The molecule has 0 radical (unpaired) electrons. The first kappa shape index (κ1) is 22.3. The van der Waals surface area contributed by atoms with Crippen LogP contribution in [0.3, 0.4) is 0 Å². The molecule has 1 aliphatic carbocycles. The number of fused-ring (bicyclic) bond motifs is 2. The molecule has 1 saturated carbocycles. The van der Waals surface area contributed by atoms with Gasteiger partial charge in [0, 0.05) is 12.1 Å². The van der Waals surface area contributed by atoms with Gasteiger partial charge in [0.1, 0.15) is 0 Å². The summed E-state index contributed by atoms with van der Waals surface area (Å²) in [7, 11) is 0. The van der Waals surface area contributed by atoms with Crippen molar-refractivity contribution in [2.75, 3.05) is 6.61 Å². The van der Waals surface area contributed by atoms with Crippen molar-refractivity contribution in [2.24, 2.45) is 0 Å². The van der Waals surface area contributed by atoms with Crippen molar-refractivity contribution in [2.45, 2.75) is 57.7 Å². The van der Waals surface area contributed by atoms with Gasteiger partial charge in [-0.05, 0) is 78.8 Å². The summed E-state index contributed by atoms with van der Waals surface area (Å²) in [4.78, 5) is 26.9. The molecule has 0 spiro atoms. The highest BCUT2D eigenvalue weighted by Gasteiger charge is 2.35. The van der Waals surface area contributed by atoms with Crippen LogP contribution in [0.1, 0.15) is 66.6 Å². The zero-order chi connectivity index (χ0) is 23.7. The van der Waals surface area contributed by atoms with Gasteiger partial charge in [0.2, 0.25) is 0 Å². The number of carbonyl (C=O) groups excluding carboxylic acids is 1. The maximum Gasteiger partial charge on any atom is 0.305 e. The summed E-state index contributed by atoms with van der Waals surface area (Å²) in [6.07, 6.45) is 4.39. The monoisotopic (exact) mass is 459 g/mol. The summed E-state index contributed by atoms with van der Waals surface area (Å²) >= 11 is 0. The second-order valence-electron chi connectivity index (χ2n) is 9.07. The van der Waals surface area contributed by atoms with E-state index in [0.717, 1.165) is 34.7 Å². The summed E-state index contributed by atoms with van der Waals surface area (Å²) in [5.41, 5.74) is 2.29. The SMILES string of the molecule is CCOc1cc(C(CC(=O)O)N2Cc3cc4ccccc4cc3C2=O)ccc1OC1CCCC1. The van der Waals surface area contributed by atoms with Gasteiger partial charge in [0.25, 0.3) is 5.91 Å². The van der Waals surface area contributed by atoms with E-state index >= 15 is 0 Å². The third kappa shape index (κ3) is 4.32. The Morgan fingerprint density at radius 1 is 1.06 bits per heavy atom. The van der Waals surface area contributed by atoms with E-state index in [2.05, 4.69) is 0 Å². The van der Waals surface area contributed by atoms with Crippen molar-refractivity contribution in [1.82, 2.24) is 4.90 Å². The van der Waals surface area contributed by atoms with Crippen LogP contribution in [0.15, 0.2) is 54.6 Å². The second-order valence-corrected chi connectivity index (χ2v) is 9.07. The Balaban J connectivity index is 1.48. The van der Waals surface area contributed by atoms with Crippen molar-refractivity contribution in [3.8, 4) is 11.5 Å². The molecule has 34 heavy (non-hydrogen) atoms. The Labute approximate surface area is 199 Å². The van der Waals surface area contributed by atoms with Crippen LogP contribution < -0.4 is 9.47 Å². The first-order chi connectivity index (χ1) is 16.5. The Morgan fingerprint density at radius 2 is 1.79 bits per heavy atom. The summed E-state index contributed by atoms with van der Waals surface area (Å²) < 4.78 is 12.1. The highest BCUT2D eigenvalue weighted by Crippen LogP contribution is 2.39. The summed E-state index contributed by atoms with van der Waals surface area (Å²) in [5.74, 6) is 0.172. The lowest BCUT2D eigenvalue weighted by molar-refractivity contribution is -0.138.